The zero-order valence-electron chi connectivity index (χ0n) is 7.87. The van der Waals surface area contributed by atoms with Gasteiger partial charge in [0.05, 0.1) is 12.0 Å². The minimum atomic E-state index is 0.131. The van der Waals surface area contributed by atoms with Gasteiger partial charge >= 0.3 is 0 Å². The molecule has 3 nitrogen and oxygen atoms in total. The molecule has 1 N–H and O–H groups in total. The zero-order chi connectivity index (χ0) is 9.47. The largest absolute Gasteiger partial charge is 0.469 e. The van der Waals surface area contributed by atoms with Crippen LogP contribution in [0.25, 0.3) is 0 Å². The average molecular weight is 179 g/mol. The molecule has 1 aliphatic rings. The normalized spacial score (nSPS) is 23.1. The van der Waals surface area contributed by atoms with Gasteiger partial charge in [-0.05, 0) is 17.9 Å². The summed E-state index contributed by atoms with van der Waals surface area (Å²) in [4.78, 5) is 0. The van der Waals surface area contributed by atoms with Gasteiger partial charge in [-0.1, -0.05) is 19.0 Å². The molecule has 3 heteroatoms. The summed E-state index contributed by atoms with van der Waals surface area (Å²) in [6, 6.07) is 1.86. The molecule has 1 aromatic heterocycles. The molecule has 0 aromatic carbocycles. The van der Waals surface area contributed by atoms with Crippen molar-refractivity contribution >= 4 is 5.71 Å². The molecule has 2 rings (SSSR count). The predicted molar refractivity (Wildman–Crippen MR) is 49.1 cm³/mol. The molecular weight excluding hydrogens is 166 g/mol. The van der Waals surface area contributed by atoms with Gasteiger partial charge in [0.15, 0.2) is 0 Å². The van der Waals surface area contributed by atoms with Crippen molar-refractivity contribution in [2.45, 2.75) is 26.7 Å². The molecule has 0 radical (unpaired) electrons. The van der Waals surface area contributed by atoms with E-state index in [4.69, 9.17) is 9.62 Å². The van der Waals surface area contributed by atoms with Crippen LogP contribution in [0.3, 0.4) is 0 Å². The SMILES string of the molecule is CC1(C)C/C(=N\O)c2ccoc2C1. The molecule has 0 unspecified atom stereocenters. The van der Waals surface area contributed by atoms with Crippen LogP contribution >= 0.6 is 0 Å². The van der Waals surface area contributed by atoms with E-state index in [2.05, 4.69) is 19.0 Å². The van der Waals surface area contributed by atoms with Gasteiger partial charge in [-0.15, -0.1) is 0 Å². The highest BCUT2D eigenvalue weighted by Crippen LogP contribution is 2.35. The van der Waals surface area contributed by atoms with Crippen molar-refractivity contribution in [3.8, 4) is 0 Å². The highest BCUT2D eigenvalue weighted by atomic mass is 16.4. The number of furan rings is 1. The molecule has 0 amide bonds. The second-order valence-corrected chi connectivity index (χ2v) is 4.32. The molecule has 1 aromatic rings. The average Bonchev–Trinajstić information content (AvgIpc) is 2.48. The zero-order valence-corrected chi connectivity index (χ0v) is 7.87. The second kappa shape index (κ2) is 2.62. The summed E-state index contributed by atoms with van der Waals surface area (Å²) in [6.07, 6.45) is 3.36. The fourth-order valence-electron chi connectivity index (χ4n) is 1.87. The van der Waals surface area contributed by atoms with Gasteiger partial charge in [0.1, 0.15) is 5.76 Å². The van der Waals surface area contributed by atoms with Gasteiger partial charge in [-0.3, -0.25) is 0 Å². The minimum Gasteiger partial charge on any atom is -0.469 e. The summed E-state index contributed by atoms with van der Waals surface area (Å²) >= 11 is 0. The molecule has 13 heavy (non-hydrogen) atoms. The Morgan fingerprint density at radius 3 is 2.92 bits per heavy atom. The Hall–Kier alpha value is -1.25. The lowest BCUT2D eigenvalue weighted by molar-refractivity contribution is 0.298. The van der Waals surface area contributed by atoms with Gasteiger partial charge in [0.25, 0.3) is 0 Å². The van der Waals surface area contributed by atoms with E-state index in [-0.39, 0.29) is 5.41 Å². The molecule has 0 bridgehead atoms. The smallest absolute Gasteiger partial charge is 0.113 e. The summed E-state index contributed by atoms with van der Waals surface area (Å²) in [5, 5.41) is 12.1. The van der Waals surface area contributed by atoms with Crippen molar-refractivity contribution in [1.29, 1.82) is 0 Å². The van der Waals surface area contributed by atoms with Crippen LogP contribution < -0.4 is 0 Å². The number of fused-ring (bicyclic) bond motifs is 1. The lowest BCUT2D eigenvalue weighted by atomic mass is 9.76. The van der Waals surface area contributed by atoms with Crippen LogP contribution in [-0.2, 0) is 6.42 Å². The van der Waals surface area contributed by atoms with E-state index in [0.29, 0.717) is 0 Å². The molecule has 0 saturated carbocycles. The minimum absolute atomic E-state index is 0.131. The van der Waals surface area contributed by atoms with Gasteiger partial charge in [0, 0.05) is 12.0 Å². The monoisotopic (exact) mass is 179 g/mol. The summed E-state index contributed by atoms with van der Waals surface area (Å²) in [7, 11) is 0. The second-order valence-electron chi connectivity index (χ2n) is 4.32. The number of hydrogen-bond donors (Lipinski definition) is 1. The Morgan fingerprint density at radius 1 is 1.46 bits per heavy atom. The van der Waals surface area contributed by atoms with E-state index in [9.17, 15) is 0 Å². The van der Waals surface area contributed by atoms with Crippen LogP contribution in [0.15, 0.2) is 21.9 Å². The topological polar surface area (TPSA) is 45.7 Å². The quantitative estimate of drug-likeness (QED) is 0.491. The van der Waals surface area contributed by atoms with E-state index < -0.39 is 0 Å². The fourth-order valence-corrected chi connectivity index (χ4v) is 1.87. The Bertz CT molecular complexity index is 350. The molecule has 0 fully saturated rings. The van der Waals surface area contributed by atoms with Crippen molar-refractivity contribution in [3.05, 3.63) is 23.7 Å². The first kappa shape index (κ1) is 8.35. The van der Waals surface area contributed by atoms with Crippen LogP contribution in [0, 0.1) is 5.41 Å². The molecular formula is C10H13NO2. The highest BCUT2D eigenvalue weighted by molar-refractivity contribution is 6.02. The number of rotatable bonds is 0. The number of hydrogen-bond acceptors (Lipinski definition) is 3. The summed E-state index contributed by atoms with van der Waals surface area (Å²) in [5.41, 5.74) is 1.83. The van der Waals surface area contributed by atoms with E-state index >= 15 is 0 Å². The maximum Gasteiger partial charge on any atom is 0.113 e. The Labute approximate surface area is 77.1 Å². The van der Waals surface area contributed by atoms with Crippen molar-refractivity contribution in [2.24, 2.45) is 10.6 Å². The van der Waals surface area contributed by atoms with Crippen molar-refractivity contribution in [2.75, 3.05) is 0 Å². The Kier molecular flexibility index (Phi) is 1.68. The predicted octanol–water partition coefficient (Wildman–Crippen LogP) is 2.43. The van der Waals surface area contributed by atoms with Crippen molar-refractivity contribution in [1.82, 2.24) is 0 Å². The molecule has 0 aliphatic heterocycles. The van der Waals surface area contributed by atoms with Gasteiger partial charge in [0.2, 0.25) is 0 Å². The van der Waals surface area contributed by atoms with E-state index in [1.807, 2.05) is 6.07 Å². The fraction of sp³-hybridized carbons (Fsp3) is 0.500. The third kappa shape index (κ3) is 1.34. The van der Waals surface area contributed by atoms with Crippen LogP contribution in [0.4, 0.5) is 0 Å². The standard InChI is InChI=1S/C10H13NO2/c1-10(2)5-8(11-12)7-3-4-13-9(7)6-10/h3-4,12H,5-6H2,1-2H3/b11-8+. The first-order chi connectivity index (χ1) is 6.12. The van der Waals surface area contributed by atoms with E-state index in [1.165, 1.54) is 0 Å². The van der Waals surface area contributed by atoms with Gasteiger partial charge < -0.3 is 9.62 Å². The first-order valence-electron chi connectivity index (χ1n) is 4.40. The highest BCUT2D eigenvalue weighted by Gasteiger charge is 2.31. The van der Waals surface area contributed by atoms with E-state index in [0.717, 1.165) is 29.9 Å². The summed E-state index contributed by atoms with van der Waals surface area (Å²) < 4.78 is 5.33. The summed E-state index contributed by atoms with van der Waals surface area (Å²) in [6.45, 7) is 4.28. The van der Waals surface area contributed by atoms with Crippen molar-refractivity contribution < 1.29 is 9.62 Å². The maximum atomic E-state index is 8.83. The summed E-state index contributed by atoms with van der Waals surface area (Å²) in [5.74, 6) is 0.934. The maximum absolute atomic E-state index is 8.83. The Morgan fingerprint density at radius 2 is 2.23 bits per heavy atom. The number of nitrogens with zero attached hydrogens (tertiary/aromatic N) is 1. The molecule has 0 spiro atoms. The number of oxime groups is 1. The lowest BCUT2D eigenvalue weighted by Gasteiger charge is -2.28. The lowest BCUT2D eigenvalue weighted by Crippen LogP contribution is -2.26. The molecule has 70 valence electrons. The van der Waals surface area contributed by atoms with Crippen LogP contribution in [0.2, 0.25) is 0 Å². The Balaban J connectivity index is 2.48. The van der Waals surface area contributed by atoms with Crippen LogP contribution in [-0.4, -0.2) is 10.9 Å². The molecule has 0 saturated heterocycles. The third-order valence-electron chi connectivity index (χ3n) is 2.46. The molecule has 0 atom stereocenters. The third-order valence-corrected chi connectivity index (χ3v) is 2.46. The van der Waals surface area contributed by atoms with Crippen LogP contribution in [0.5, 0.6) is 0 Å². The van der Waals surface area contributed by atoms with Crippen LogP contribution in [0.1, 0.15) is 31.6 Å². The first-order valence-corrected chi connectivity index (χ1v) is 4.40. The van der Waals surface area contributed by atoms with Gasteiger partial charge in [-0.2, -0.15) is 0 Å². The molecule has 1 heterocycles. The molecule has 1 aliphatic carbocycles. The van der Waals surface area contributed by atoms with Crippen molar-refractivity contribution in [3.63, 3.8) is 0 Å². The van der Waals surface area contributed by atoms with E-state index in [1.54, 1.807) is 6.26 Å². The van der Waals surface area contributed by atoms with Gasteiger partial charge in [-0.25, -0.2) is 0 Å².